The standard InChI is InChI=1S/C16H19NO2S/c18-15(11-2-6-19-16(9-11)4-1-5-16)12-8-14-13(17-10-12)3-7-20-14/h3,7-8,10-11,15,18H,1-2,4-6,9H2. The average molecular weight is 289 g/mol. The third-order valence-corrected chi connectivity index (χ3v) is 5.76. The lowest BCUT2D eigenvalue weighted by Crippen LogP contribution is -2.46. The molecule has 1 spiro atoms. The minimum Gasteiger partial charge on any atom is -0.388 e. The molecule has 0 bridgehead atoms. The fourth-order valence-corrected chi connectivity index (χ4v) is 4.34. The number of ether oxygens (including phenoxy) is 1. The quantitative estimate of drug-likeness (QED) is 0.917. The predicted octanol–water partition coefficient (Wildman–Crippen LogP) is 3.68. The molecule has 1 aliphatic carbocycles. The van der Waals surface area contributed by atoms with Crippen molar-refractivity contribution in [2.24, 2.45) is 5.92 Å². The molecule has 2 atom stereocenters. The van der Waals surface area contributed by atoms with E-state index >= 15 is 0 Å². The number of nitrogens with zero attached hydrogens (tertiary/aromatic N) is 1. The first kappa shape index (κ1) is 12.7. The lowest BCUT2D eigenvalue weighted by Gasteiger charge is -2.48. The van der Waals surface area contributed by atoms with Gasteiger partial charge in [0, 0.05) is 18.4 Å². The lowest BCUT2D eigenvalue weighted by molar-refractivity contribution is -0.157. The summed E-state index contributed by atoms with van der Waals surface area (Å²) in [6, 6.07) is 4.12. The van der Waals surface area contributed by atoms with E-state index in [0.29, 0.717) is 5.92 Å². The first-order chi connectivity index (χ1) is 9.76. The summed E-state index contributed by atoms with van der Waals surface area (Å²) in [4.78, 5) is 4.45. The Morgan fingerprint density at radius 1 is 1.45 bits per heavy atom. The zero-order chi connectivity index (χ0) is 13.6. The molecule has 0 amide bonds. The SMILES string of the molecule is OC(c1cnc2ccsc2c1)C1CCOC2(CCC2)C1. The summed E-state index contributed by atoms with van der Waals surface area (Å²) in [5.41, 5.74) is 2.07. The molecule has 0 radical (unpaired) electrons. The molecule has 1 N–H and O–H groups in total. The van der Waals surface area contributed by atoms with E-state index in [1.807, 2.05) is 17.6 Å². The maximum atomic E-state index is 10.7. The van der Waals surface area contributed by atoms with Gasteiger partial charge in [-0.1, -0.05) is 0 Å². The van der Waals surface area contributed by atoms with Crippen molar-refractivity contribution < 1.29 is 9.84 Å². The number of pyridine rings is 1. The van der Waals surface area contributed by atoms with Gasteiger partial charge in [0.15, 0.2) is 0 Å². The summed E-state index contributed by atoms with van der Waals surface area (Å²) >= 11 is 1.68. The van der Waals surface area contributed by atoms with E-state index < -0.39 is 6.10 Å². The van der Waals surface area contributed by atoms with E-state index in [1.54, 1.807) is 11.3 Å². The van der Waals surface area contributed by atoms with Crippen LogP contribution in [0.1, 0.15) is 43.8 Å². The predicted molar refractivity (Wildman–Crippen MR) is 79.8 cm³/mol. The highest BCUT2D eigenvalue weighted by Gasteiger charge is 2.44. The van der Waals surface area contributed by atoms with E-state index in [0.717, 1.165) is 35.2 Å². The van der Waals surface area contributed by atoms with Crippen LogP contribution in [0.25, 0.3) is 10.2 Å². The molecule has 2 aromatic heterocycles. The molecule has 4 heteroatoms. The van der Waals surface area contributed by atoms with Crippen LogP contribution in [0, 0.1) is 5.92 Å². The number of aromatic nitrogens is 1. The van der Waals surface area contributed by atoms with Crippen molar-refractivity contribution in [2.45, 2.75) is 43.8 Å². The molecule has 1 saturated heterocycles. The smallest absolute Gasteiger partial charge is 0.0835 e. The van der Waals surface area contributed by atoms with Crippen molar-refractivity contribution in [3.63, 3.8) is 0 Å². The highest BCUT2D eigenvalue weighted by molar-refractivity contribution is 7.17. The van der Waals surface area contributed by atoms with E-state index in [9.17, 15) is 5.11 Å². The molecule has 106 valence electrons. The van der Waals surface area contributed by atoms with Crippen molar-refractivity contribution in [3.05, 3.63) is 29.3 Å². The summed E-state index contributed by atoms with van der Waals surface area (Å²) in [6.45, 7) is 0.788. The first-order valence-electron chi connectivity index (χ1n) is 7.41. The second-order valence-electron chi connectivity index (χ2n) is 6.16. The minimum atomic E-state index is -0.407. The largest absolute Gasteiger partial charge is 0.388 e. The molecule has 2 fully saturated rings. The van der Waals surface area contributed by atoms with Gasteiger partial charge in [0.2, 0.25) is 0 Å². The van der Waals surface area contributed by atoms with Crippen LogP contribution in [0.15, 0.2) is 23.7 Å². The van der Waals surface area contributed by atoms with Crippen molar-refractivity contribution >= 4 is 21.6 Å². The zero-order valence-corrected chi connectivity index (χ0v) is 12.2. The third-order valence-electron chi connectivity index (χ3n) is 4.91. The van der Waals surface area contributed by atoms with Crippen LogP contribution < -0.4 is 0 Å². The van der Waals surface area contributed by atoms with Crippen LogP contribution in [0.3, 0.4) is 0 Å². The fourth-order valence-electron chi connectivity index (χ4n) is 3.55. The molecule has 20 heavy (non-hydrogen) atoms. The summed E-state index contributed by atoms with van der Waals surface area (Å²) in [6.07, 6.45) is 6.97. The Morgan fingerprint density at radius 2 is 2.35 bits per heavy atom. The third kappa shape index (κ3) is 2.07. The Balaban J connectivity index is 1.57. The molecule has 2 aliphatic rings. The van der Waals surface area contributed by atoms with Crippen LogP contribution >= 0.6 is 11.3 Å². The van der Waals surface area contributed by atoms with Crippen molar-refractivity contribution in [1.29, 1.82) is 0 Å². The Bertz CT molecular complexity index is 620. The highest BCUT2D eigenvalue weighted by Crippen LogP contribution is 2.47. The molecular formula is C16H19NO2S. The Kier molecular flexibility index (Phi) is 3.05. The number of hydrogen-bond acceptors (Lipinski definition) is 4. The minimum absolute atomic E-state index is 0.0877. The Labute approximate surface area is 122 Å². The van der Waals surface area contributed by atoms with Crippen LogP contribution in [0.4, 0.5) is 0 Å². The van der Waals surface area contributed by atoms with E-state index in [1.165, 1.54) is 19.3 Å². The van der Waals surface area contributed by atoms with Crippen molar-refractivity contribution in [2.75, 3.05) is 6.61 Å². The van der Waals surface area contributed by atoms with E-state index in [-0.39, 0.29) is 5.60 Å². The van der Waals surface area contributed by atoms with Crippen LogP contribution in [0.2, 0.25) is 0 Å². The first-order valence-corrected chi connectivity index (χ1v) is 8.29. The normalized spacial score (nSPS) is 26.6. The van der Waals surface area contributed by atoms with Gasteiger partial charge < -0.3 is 9.84 Å². The zero-order valence-electron chi connectivity index (χ0n) is 11.4. The summed E-state index contributed by atoms with van der Waals surface area (Å²) in [5, 5.41) is 12.8. The van der Waals surface area contributed by atoms with Gasteiger partial charge in [-0.3, -0.25) is 4.98 Å². The molecule has 3 nitrogen and oxygen atoms in total. The van der Waals surface area contributed by atoms with Gasteiger partial charge in [-0.15, -0.1) is 11.3 Å². The van der Waals surface area contributed by atoms with Crippen molar-refractivity contribution in [3.8, 4) is 0 Å². The molecule has 1 aliphatic heterocycles. The average Bonchev–Trinajstić information content (AvgIpc) is 2.92. The highest BCUT2D eigenvalue weighted by atomic mass is 32.1. The van der Waals surface area contributed by atoms with Gasteiger partial charge in [-0.2, -0.15) is 0 Å². The van der Waals surface area contributed by atoms with E-state index in [2.05, 4.69) is 11.1 Å². The summed E-state index contributed by atoms with van der Waals surface area (Å²) in [5.74, 6) is 0.309. The summed E-state index contributed by atoms with van der Waals surface area (Å²) < 4.78 is 7.11. The maximum Gasteiger partial charge on any atom is 0.0835 e. The number of thiophene rings is 1. The van der Waals surface area contributed by atoms with Gasteiger partial charge in [-0.05, 0) is 55.5 Å². The lowest BCUT2D eigenvalue weighted by atomic mass is 9.70. The summed E-state index contributed by atoms with van der Waals surface area (Å²) in [7, 11) is 0. The number of fused-ring (bicyclic) bond motifs is 1. The Morgan fingerprint density at radius 3 is 3.15 bits per heavy atom. The van der Waals surface area contributed by atoms with Gasteiger partial charge in [-0.25, -0.2) is 0 Å². The van der Waals surface area contributed by atoms with Gasteiger partial charge in [0.05, 0.1) is 21.9 Å². The van der Waals surface area contributed by atoms with Gasteiger partial charge in [0.1, 0.15) is 0 Å². The second-order valence-corrected chi connectivity index (χ2v) is 7.10. The van der Waals surface area contributed by atoms with Crippen LogP contribution in [-0.4, -0.2) is 22.3 Å². The molecular weight excluding hydrogens is 270 g/mol. The molecule has 2 aromatic rings. The number of hydrogen-bond donors (Lipinski definition) is 1. The maximum absolute atomic E-state index is 10.7. The van der Waals surface area contributed by atoms with Crippen LogP contribution in [-0.2, 0) is 4.74 Å². The number of aliphatic hydroxyl groups excluding tert-OH is 1. The molecule has 1 saturated carbocycles. The Hall–Kier alpha value is -0.970. The number of aliphatic hydroxyl groups is 1. The molecule has 2 unspecified atom stereocenters. The second kappa shape index (κ2) is 4.79. The van der Waals surface area contributed by atoms with E-state index in [4.69, 9.17) is 4.74 Å². The molecule has 4 rings (SSSR count). The molecule has 3 heterocycles. The van der Waals surface area contributed by atoms with Gasteiger partial charge >= 0.3 is 0 Å². The fraction of sp³-hybridized carbons (Fsp3) is 0.562. The topological polar surface area (TPSA) is 42.4 Å². The number of rotatable bonds is 2. The van der Waals surface area contributed by atoms with Crippen LogP contribution in [0.5, 0.6) is 0 Å². The molecule has 0 aromatic carbocycles. The monoisotopic (exact) mass is 289 g/mol. The van der Waals surface area contributed by atoms with Gasteiger partial charge in [0.25, 0.3) is 0 Å². The van der Waals surface area contributed by atoms with Crippen molar-refractivity contribution in [1.82, 2.24) is 4.98 Å².